The summed E-state index contributed by atoms with van der Waals surface area (Å²) in [5, 5.41) is 2.77. The third-order valence-electron chi connectivity index (χ3n) is 4.41. The molecule has 1 fully saturated rings. The average molecular weight is 378 g/mol. The highest BCUT2D eigenvalue weighted by Gasteiger charge is 2.34. The molecule has 1 N–H and O–H groups in total. The van der Waals surface area contributed by atoms with Crippen molar-refractivity contribution in [2.24, 2.45) is 5.92 Å². The zero-order valence-electron chi connectivity index (χ0n) is 15.7. The Balaban J connectivity index is 1.43. The molecule has 0 aliphatic carbocycles. The van der Waals surface area contributed by atoms with E-state index in [9.17, 15) is 9.59 Å². The van der Waals surface area contributed by atoms with Crippen LogP contribution in [0.1, 0.15) is 6.42 Å². The van der Waals surface area contributed by atoms with E-state index in [0.717, 1.165) is 5.69 Å². The molecule has 1 saturated heterocycles. The number of hydrogen-bond acceptors (Lipinski definition) is 4. The molecule has 0 spiro atoms. The summed E-state index contributed by atoms with van der Waals surface area (Å²) in [6, 6.07) is 16.7. The number of methoxy groups -OCH3 is 1. The second kappa shape index (κ2) is 9.47. The maximum atomic E-state index is 12.3. The minimum Gasteiger partial charge on any atom is -0.493 e. The van der Waals surface area contributed by atoms with Crippen molar-refractivity contribution in [3.05, 3.63) is 54.6 Å². The van der Waals surface area contributed by atoms with Gasteiger partial charge in [-0.15, -0.1) is 0 Å². The Hall–Kier alpha value is -3.46. The maximum absolute atomic E-state index is 12.3. The predicted molar refractivity (Wildman–Crippen MR) is 106 cm³/mol. The quantitative estimate of drug-likeness (QED) is 0.783. The molecule has 3 rings (SSSR count). The van der Waals surface area contributed by atoms with Crippen molar-refractivity contribution >= 4 is 17.5 Å². The largest absolute Gasteiger partial charge is 0.493 e. The van der Waals surface area contributed by atoms with Crippen LogP contribution in [0.25, 0.3) is 0 Å². The minimum atomic E-state index is -0.362. The van der Waals surface area contributed by atoms with Crippen LogP contribution in [0, 0.1) is 17.8 Å². The van der Waals surface area contributed by atoms with Gasteiger partial charge in [0.1, 0.15) is 6.61 Å². The Kier molecular flexibility index (Phi) is 6.53. The fourth-order valence-corrected chi connectivity index (χ4v) is 2.98. The van der Waals surface area contributed by atoms with Crippen molar-refractivity contribution in [1.82, 2.24) is 5.32 Å². The number of hydrogen-bond donors (Lipinski definition) is 1. The van der Waals surface area contributed by atoms with Crippen LogP contribution in [-0.2, 0) is 9.59 Å². The van der Waals surface area contributed by atoms with Gasteiger partial charge in [-0.1, -0.05) is 42.2 Å². The van der Waals surface area contributed by atoms with E-state index in [2.05, 4.69) is 17.2 Å². The number of rotatable bonds is 6. The van der Waals surface area contributed by atoms with E-state index in [1.165, 1.54) is 0 Å². The molecule has 6 heteroatoms. The number of para-hydroxylation sites is 3. The Morgan fingerprint density at radius 1 is 1.11 bits per heavy atom. The first-order valence-electron chi connectivity index (χ1n) is 9.03. The monoisotopic (exact) mass is 378 g/mol. The molecule has 2 aromatic rings. The smallest absolute Gasteiger partial charge is 0.227 e. The van der Waals surface area contributed by atoms with Crippen LogP contribution in [-0.4, -0.2) is 38.6 Å². The first kappa shape index (κ1) is 19.3. The van der Waals surface area contributed by atoms with Crippen molar-refractivity contribution in [2.45, 2.75) is 6.42 Å². The number of anilines is 1. The van der Waals surface area contributed by atoms with Crippen LogP contribution in [0.4, 0.5) is 5.69 Å². The van der Waals surface area contributed by atoms with E-state index < -0.39 is 0 Å². The Morgan fingerprint density at radius 3 is 2.57 bits per heavy atom. The molecule has 1 atom stereocenters. The lowest BCUT2D eigenvalue weighted by atomic mass is 10.1. The van der Waals surface area contributed by atoms with Gasteiger partial charge >= 0.3 is 0 Å². The molecule has 0 saturated carbocycles. The molecule has 1 aliphatic rings. The number of nitrogens with zero attached hydrogens (tertiary/aromatic N) is 1. The predicted octanol–water partition coefficient (Wildman–Crippen LogP) is 2.25. The number of benzene rings is 2. The maximum Gasteiger partial charge on any atom is 0.227 e. The standard InChI is InChI=1S/C22H22N2O4/c1-27-19-11-5-6-12-20(19)28-14-8-7-13-23-22(26)17-15-21(25)24(16-17)18-9-3-2-4-10-18/h2-6,9-12,17H,13-16H2,1H3,(H,23,26). The Bertz CT molecular complexity index is 886. The second-order valence-corrected chi connectivity index (χ2v) is 6.25. The van der Waals surface area contributed by atoms with Crippen LogP contribution in [0.15, 0.2) is 54.6 Å². The first-order valence-corrected chi connectivity index (χ1v) is 9.03. The summed E-state index contributed by atoms with van der Waals surface area (Å²) in [7, 11) is 1.58. The van der Waals surface area contributed by atoms with Gasteiger partial charge in [0.15, 0.2) is 11.5 Å². The normalized spacial score (nSPS) is 15.5. The van der Waals surface area contributed by atoms with E-state index in [1.54, 1.807) is 18.1 Å². The molecule has 1 aliphatic heterocycles. The van der Waals surface area contributed by atoms with Crippen LogP contribution in [0.5, 0.6) is 11.5 Å². The fraction of sp³-hybridized carbons (Fsp3) is 0.273. The highest BCUT2D eigenvalue weighted by molar-refractivity contribution is 6.00. The van der Waals surface area contributed by atoms with Crippen LogP contribution < -0.4 is 19.7 Å². The first-order chi connectivity index (χ1) is 13.7. The third-order valence-corrected chi connectivity index (χ3v) is 4.41. The van der Waals surface area contributed by atoms with Gasteiger partial charge in [0.25, 0.3) is 0 Å². The molecule has 2 amide bonds. The van der Waals surface area contributed by atoms with E-state index >= 15 is 0 Å². The molecule has 1 unspecified atom stereocenters. The number of nitrogens with one attached hydrogen (secondary N) is 1. The summed E-state index contributed by atoms with van der Waals surface area (Å²) in [6.07, 6.45) is 0.213. The van der Waals surface area contributed by atoms with Gasteiger partial charge in [0.2, 0.25) is 11.8 Å². The fourth-order valence-electron chi connectivity index (χ4n) is 2.98. The van der Waals surface area contributed by atoms with Crippen molar-refractivity contribution in [3.8, 4) is 23.3 Å². The van der Waals surface area contributed by atoms with Gasteiger partial charge < -0.3 is 19.7 Å². The summed E-state index contributed by atoms with van der Waals surface area (Å²) in [5.74, 6) is 6.41. The third kappa shape index (κ3) is 4.83. The zero-order valence-corrected chi connectivity index (χ0v) is 15.7. The van der Waals surface area contributed by atoms with Crippen LogP contribution in [0.2, 0.25) is 0 Å². The van der Waals surface area contributed by atoms with Gasteiger partial charge in [0.05, 0.1) is 19.6 Å². The van der Waals surface area contributed by atoms with Crippen molar-refractivity contribution in [2.75, 3.05) is 31.7 Å². The van der Waals surface area contributed by atoms with Crippen molar-refractivity contribution in [3.63, 3.8) is 0 Å². The van der Waals surface area contributed by atoms with E-state index in [-0.39, 0.29) is 37.3 Å². The van der Waals surface area contributed by atoms with Gasteiger partial charge in [-0.2, -0.15) is 0 Å². The molecular formula is C22H22N2O4. The number of carbonyl (C=O) groups is 2. The number of carbonyl (C=O) groups excluding carboxylic acids is 2. The minimum absolute atomic E-state index is 0.0392. The average Bonchev–Trinajstić information content (AvgIpc) is 3.13. The SMILES string of the molecule is COc1ccccc1OCC#CCNC(=O)C1CC(=O)N(c2ccccc2)C1. The molecule has 28 heavy (non-hydrogen) atoms. The topological polar surface area (TPSA) is 67.9 Å². The molecule has 0 bridgehead atoms. The summed E-state index contributed by atoms with van der Waals surface area (Å²) in [4.78, 5) is 26.1. The molecule has 0 aromatic heterocycles. The van der Waals surface area contributed by atoms with E-state index in [0.29, 0.717) is 18.0 Å². The lowest BCUT2D eigenvalue weighted by Gasteiger charge is -2.16. The Labute approximate surface area is 164 Å². The van der Waals surface area contributed by atoms with Crippen LogP contribution in [0.3, 0.4) is 0 Å². The van der Waals surface area contributed by atoms with Gasteiger partial charge in [-0.25, -0.2) is 0 Å². The molecule has 2 aromatic carbocycles. The second-order valence-electron chi connectivity index (χ2n) is 6.25. The molecular weight excluding hydrogens is 356 g/mol. The molecule has 1 heterocycles. The van der Waals surface area contributed by atoms with E-state index in [4.69, 9.17) is 9.47 Å². The summed E-state index contributed by atoms with van der Waals surface area (Å²) >= 11 is 0. The molecule has 144 valence electrons. The number of ether oxygens (including phenoxy) is 2. The highest BCUT2D eigenvalue weighted by atomic mass is 16.5. The molecule has 6 nitrogen and oxygen atoms in total. The summed E-state index contributed by atoms with van der Waals surface area (Å²) in [5.41, 5.74) is 0.816. The molecule has 0 radical (unpaired) electrons. The van der Waals surface area contributed by atoms with E-state index in [1.807, 2.05) is 48.5 Å². The highest BCUT2D eigenvalue weighted by Crippen LogP contribution is 2.26. The summed E-state index contributed by atoms with van der Waals surface area (Å²) < 4.78 is 10.7. The van der Waals surface area contributed by atoms with Crippen LogP contribution >= 0.6 is 0 Å². The van der Waals surface area contributed by atoms with Crippen molar-refractivity contribution in [1.29, 1.82) is 0 Å². The lowest BCUT2D eigenvalue weighted by Crippen LogP contribution is -2.33. The number of amides is 2. The summed E-state index contributed by atoms with van der Waals surface area (Å²) in [6.45, 7) is 0.795. The zero-order chi connectivity index (χ0) is 19.8. The van der Waals surface area contributed by atoms with Gasteiger partial charge in [-0.3, -0.25) is 9.59 Å². The van der Waals surface area contributed by atoms with Gasteiger partial charge in [0, 0.05) is 18.7 Å². The lowest BCUT2D eigenvalue weighted by molar-refractivity contribution is -0.126. The Morgan fingerprint density at radius 2 is 1.82 bits per heavy atom. The van der Waals surface area contributed by atoms with Crippen molar-refractivity contribution < 1.29 is 19.1 Å². The van der Waals surface area contributed by atoms with Gasteiger partial charge in [-0.05, 0) is 24.3 Å².